The fourth-order valence-electron chi connectivity index (χ4n) is 1.87. The number of hydrogen-bond donors (Lipinski definition) is 4. The molecule has 0 radical (unpaired) electrons. The van der Waals surface area contributed by atoms with Crippen LogP contribution in [-0.4, -0.2) is 33.1 Å². The first kappa shape index (κ1) is 18.2. The molecule has 0 aliphatic rings. The van der Waals surface area contributed by atoms with Gasteiger partial charge in [-0.25, -0.2) is 9.59 Å². The minimum atomic E-state index is -0.913. The fourth-order valence-corrected chi connectivity index (χ4v) is 1.87. The Morgan fingerprint density at radius 2 is 2.15 bits per heavy atom. The van der Waals surface area contributed by atoms with E-state index in [1.165, 1.54) is 12.4 Å². The van der Waals surface area contributed by atoms with Gasteiger partial charge in [-0.3, -0.25) is 19.7 Å². The van der Waals surface area contributed by atoms with Crippen LogP contribution in [0.2, 0.25) is 0 Å². The molecule has 10 heteroatoms. The summed E-state index contributed by atoms with van der Waals surface area (Å²) in [5, 5.41) is 21.5. The number of rotatable bonds is 5. The number of nitrogens with one attached hydrogen (secondary N) is 3. The second-order valence-corrected chi connectivity index (χ2v) is 4.75. The van der Waals surface area contributed by atoms with E-state index in [0.29, 0.717) is 5.69 Å². The third kappa shape index (κ3) is 4.24. The first-order chi connectivity index (χ1) is 12.5. The molecule has 0 amide bonds. The number of ether oxygens (including phenoxy) is 1. The second-order valence-electron chi connectivity index (χ2n) is 4.75. The van der Waals surface area contributed by atoms with Crippen LogP contribution in [0.25, 0.3) is 11.6 Å². The summed E-state index contributed by atoms with van der Waals surface area (Å²) < 4.78 is 4.60. The average Bonchev–Trinajstić information content (AvgIpc) is 2.63. The first-order valence-electron chi connectivity index (χ1n) is 7.10. The standard InChI is InChI=1S/C16H13N5O5/c1-26-15(24)12(6-10-13(22)20-16(25)21-14(10)23)19-8-9(7-17)11-4-2-3-5-18-11/h2-6,8,19H,1H3,(H3,20,21,22,23,25)/b9-8-,12-6-. The molecule has 10 nitrogen and oxygen atoms in total. The fraction of sp³-hybridized carbons (Fsp3) is 0.0625. The van der Waals surface area contributed by atoms with Crippen LogP contribution in [0.5, 0.6) is 5.88 Å². The van der Waals surface area contributed by atoms with Crippen LogP contribution in [-0.2, 0) is 9.53 Å². The van der Waals surface area contributed by atoms with Crippen molar-refractivity contribution in [2.45, 2.75) is 0 Å². The maximum absolute atomic E-state index is 11.9. The summed E-state index contributed by atoms with van der Waals surface area (Å²) in [4.78, 5) is 42.7. The van der Waals surface area contributed by atoms with E-state index in [0.717, 1.165) is 13.2 Å². The lowest BCUT2D eigenvalue weighted by Crippen LogP contribution is -2.25. The molecule has 2 aromatic rings. The predicted molar refractivity (Wildman–Crippen MR) is 90.3 cm³/mol. The molecule has 0 saturated carbocycles. The third-order valence-electron chi connectivity index (χ3n) is 3.09. The van der Waals surface area contributed by atoms with Crippen molar-refractivity contribution in [2.75, 3.05) is 7.11 Å². The van der Waals surface area contributed by atoms with Gasteiger partial charge in [-0.1, -0.05) is 6.07 Å². The molecule has 0 aromatic carbocycles. The van der Waals surface area contributed by atoms with Gasteiger partial charge in [-0.05, 0) is 18.2 Å². The zero-order valence-electron chi connectivity index (χ0n) is 13.4. The van der Waals surface area contributed by atoms with Crippen molar-refractivity contribution in [1.82, 2.24) is 20.3 Å². The molecule has 0 atom stereocenters. The Morgan fingerprint density at radius 3 is 2.73 bits per heavy atom. The third-order valence-corrected chi connectivity index (χ3v) is 3.09. The van der Waals surface area contributed by atoms with Crippen LogP contribution in [0.4, 0.5) is 0 Å². The lowest BCUT2D eigenvalue weighted by atomic mass is 10.2. The normalized spacial score (nSPS) is 11.5. The summed E-state index contributed by atoms with van der Waals surface area (Å²) in [5.74, 6) is -1.60. The van der Waals surface area contributed by atoms with E-state index >= 15 is 0 Å². The molecule has 0 bridgehead atoms. The van der Waals surface area contributed by atoms with Gasteiger partial charge in [0.05, 0.1) is 18.4 Å². The zero-order valence-corrected chi connectivity index (χ0v) is 13.4. The van der Waals surface area contributed by atoms with Gasteiger partial charge in [-0.2, -0.15) is 5.26 Å². The summed E-state index contributed by atoms with van der Waals surface area (Å²) in [5.41, 5.74) is -1.98. The number of aromatic amines is 2. The van der Waals surface area contributed by atoms with Crippen molar-refractivity contribution in [2.24, 2.45) is 0 Å². The van der Waals surface area contributed by atoms with Crippen LogP contribution in [0, 0.1) is 11.3 Å². The van der Waals surface area contributed by atoms with Crippen molar-refractivity contribution in [3.8, 4) is 11.9 Å². The zero-order chi connectivity index (χ0) is 19.1. The maximum atomic E-state index is 11.9. The van der Waals surface area contributed by atoms with E-state index in [2.05, 4.69) is 15.0 Å². The molecule has 0 aliphatic carbocycles. The van der Waals surface area contributed by atoms with Gasteiger partial charge < -0.3 is 15.2 Å². The number of carbonyl (C=O) groups is 1. The first-order valence-corrected chi connectivity index (χ1v) is 7.10. The van der Waals surface area contributed by atoms with Gasteiger partial charge in [0.25, 0.3) is 5.56 Å². The van der Waals surface area contributed by atoms with Crippen LogP contribution in [0.1, 0.15) is 11.3 Å². The Labute approximate surface area is 146 Å². The molecule has 2 rings (SSSR count). The van der Waals surface area contributed by atoms with E-state index < -0.39 is 23.1 Å². The Bertz CT molecular complexity index is 1030. The van der Waals surface area contributed by atoms with E-state index in [4.69, 9.17) is 0 Å². The van der Waals surface area contributed by atoms with E-state index in [-0.39, 0.29) is 16.8 Å². The number of allylic oxidation sites excluding steroid dienone is 1. The number of hydrogen-bond acceptors (Lipinski definition) is 8. The van der Waals surface area contributed by atoms with Crippen molar-refractivity contribution >= 4 is 17.6 Å². The molecule has 2 aromatic heterocycles. The highest BCUT2D eigenvalue weighted by Crippen LogP contribution is 2.12. The number of methoxy groups -OCH3 is 1. The highest BCUT2D eigenvalue weighted by Gasteiger charge is 2.14. The molecular formula is C16H13N5O5. The van der Waals surface area contributed by atoms with Crippen molar-refractivity contribution in [3.63, 3.8) is 0 Å². The Morgan fingerprint density at radius 1 is 1.38 bits per heavy atom. The molecule has 0 saturated heterocycles. The topological polar surface area (TPSA) is 161 Å². The minimum Gasteiger partial charge on any atom is -0.494 e. The molecule has 0 spiro atoms. The highest BCUT2D eigenvalue weighted by molar-refractivity contribution is 5.93. The van der Waals surface area contributed by atoms with E-state index in [1.807, 2.05) is 16.0 Å². The van der Waals surface area contributed by atoms with Crippen molar-refractivity contribution in [1.29, 1.82) is 5.26 Å². The molecule has 0 aliphatic heterocycles. The van der Waals surface area contributed by atoms with Gasteiger partial charge in [0, 0.05) is 12.4 Å². The number of nitriles is 1. The Kier molecular flexibility index (Phi) is 5.68. The largest absolute Gasteiger partial charge is 0.494 e. The lowest BCUT2D eigenvalue weighted by Gasteiger charge is -2.06. The van der Waals surface area contributed by atoms with Gasteiger partial charge in [0.15, 0.2) is 0 Å². The van der Waals surface area contributed by atoms with Gasteiger partial charge in [0.1, 0.15) is 17.3 Å². The second kappa shape index (κ2) is 8.11. The monoisotopic (exact) mass is 355 g/mol. The maximum Gasteiger partial charge on any atom is 0.354 e. The summed E-state index contributed by atoms with van der Waals surface area (Å²) in [7, 11) is 1.11. The van der Waals surface area contributed by atoms with Gasteiger partial charge >= 0.3 is 11.7 Å². The summed E-state index contributed by atoms with van der Waals surface area (Å²) >= 11 is 0. The van der Waals surface area contributed by atoms with Crippen LogP contribution < -0.4 is 16.6 Å². The van der Waals surface area contributed by atoms with Gasteiger partial charge in [-0.15, -0.1) is 0 Å². The molecule has 26 heavy (non-hydrogen) atoms. The summed E-state index contributed by atoms with van der Waals surface area (Å²) in [6.07, 6.45) is 3.66. The van der Waals surface area contributed by atoms with E-state index in [9.17, 15) is 24.8 Å². The molecule has 2 heterocycles. The Hall–Kier alpha value is -4.13. The van der Waals surface area contributed by atoms with Crippen molar-refractivity contribution in [3.05, 3.63) is 68.4 Å². The average molecular weight is 355 g/mol. The smallest absolute Gasteiger partial charge is 0.354 e. The molecule has 0 fully saturated rings. The van der Waals surface area contributed by atoms with Gasteiger partial charge in [0.2, 0.25) is 5.88 Å². The SMILES string of the molecule is COC(=O)/C(=C/c1c(O)[nH]c(=O)[nH]c1=O)N/C=C(/C#N)c1ccccn1. The quantitative estimate of drug-likeness (QED) is 0.326. The number of aromatic hydroxyl groups is 1. The lowest BCUT2D eigenvalue weighted by molar-refractivity contribution is -0.136. The highest BCUT2D eigenvalue weighted by atomic mass is 16.5. The van der Waals surface area contributed by atoms with Crippen LogP contribution in [0.3, 0.4) is 0 Å². The minimum absolute atomic E-state index is 0.111. The molecule has 132 valence electrons. The predicted octanol–water partition coefficient (Wildman–Crippen LogP) is -0.168. The number of esters is 1. The molecule has 4 N–H and O–H groups in total. The summed E-state index contributed by atoms with van der Waals surface area (Å²) in [6, 6.07) is 6.87. The molecule has 0 unspecified atom stereocenters. The number of H-pyrrole nitrogens is 2. The van der Waals surface area contributed by atoms with Crippen molar-refractivity contribution < 1.29 is 14.6 Å². The Balaban J connectivity index is 2.45. The van der Waals surface area contributed by atoms with Crippen LogP contribution in [0.15, 0.2) is 45.9 Å². The number of aromatic nitrogens is 3. The summed E-state index contributed by atoms with van der Waals surface area (Å²) in [6.45, 7) is 0. The number of nitrogens with zero attached hydrogens (tertiary/aromatic N) is 2. The van der Waals surface area contributed by atoms with E-state index in [1.54, 1.807) is 18.2 Å². The number of carbonyl (C=O) groups excluding carboxylic acids is 1. The molecular weight excluding hydrogens is 342 g/mol. The number of pyridine rings is 1. The van der Waals surface area contributed by atoms with Crippen LogP contribution >= 0.6 is 0 Å².